The average molecular weight is 138 g/mol. The van der Waals surface area contributed by atoms with Gasteiger partial charge in [0, 0.05) is 6.21 Å². The third-order valence-corrected chi connectivity index (χ3v) is 0.869. The summed E-state index contributed by atoms with van der Waals surface area (Å²) in [7, 11) is 0. The summed E-state index contributed by atoms with van der Waals surface area (Å²) in [6.45, 7) is 3.27. The minimum Gasteiger partial charge on any atom is -0.372 e. The summed E-state index contributed by atoms with van der Waals surface area (Å²) in [5.74, 6) is 0. The lowest BCUT2D eigenvalue weighted by Crippen LogP contribution is -1.94. The highest BCUT2D eigenvalue weighted by molar-refractivity contribution is 5.83. The molecule has 0 saturated carbocycles. The molecule has 54 valence electrons. The van der Waals surface area contributed by atoms with Gasteiger partial charge in [0.2, 0.25) is 0 Å². The molecule has 0 aliphatic heterocycles. The first-order valence-corrected chi connectivity index (χ1v) is 2.98. The van der Waals surface area contributed by atoms with Gasteiger partial charge in [-0.3, -0.25) is 4.99 Å². The van der Waals surface area contributed by atoms with Crippen LogP contribution >= 0.6 is 0 Å². The van der Waals surface area contributed by atoms with Gasteiger partial charge >= 0.3 is 0 Å². The second-order valence-electron chi connectivity index (χ2n) is 1.77. The Labute approximate surface area is 60.3 Å². The van der Waals surface area contributed by atoms with Crippen molar-refractivity contribution in [3.05, 3.63) is 11.6 Å². The molecule has 0 aromatic carbocycles. The van der Waals surface area contributed by atoms with Gasteiger partial charge < -0.3 is 5.11 Å². The first-order chi connectivity index (χ1) is 4.70. The molecule has 1 N–H and O–H groups in total. The van der Waals surface area contributed by atoms with Crippen LogP contribution < -0.4 is 0 Å². The summed E-state index contributed by atoms with van der Waals surface area (Å²) in [6, 6.07) is 1.91. The predicted molar refractivity (Wildman–Crippen MR) is 39.5 cm³/mol. The molecular weight excluding hydrogens is 128 g/mol. The Balaban J connectivity index is 4.02. The lowest BCUT2D eigenvalue weighted by molar-refractivity contribution is 0.206. The zero-order chi connectivity index (χ0) is 7.98. The van der Waals surface area contributed by atoms with Gasteiger partial charge in [-0.1, -0.05) is 6.08 Å². The van der Waals surface area contributed by atoms with Crippen LogP contribution in [-0.4, -0.2) is 17.5 Å². The minimum atomic E-state index is -0.733. The van der Waals surface area contributed by atoms with Gasteiger partial charge in [-0.25, -0.2) is 0 Å². The normalized spacial score (nSPS) is 15.2. The summed E-state index contributed by atoms with van der Waals surface area (Å²) in [5, 5.41) is 17.0. The van der Waals surface area contributed by atoms with Gasteiger partial charge in [0.15, 0.2) is 0 Å². The Bertz CT molecular complexity index is 186. The molecule has 0 bridgehead atoms. The van der Waals surface area contributed by atoms with E-state index in [0.29, 0.717) is 5.57 Å². The summed E-state index contributed by atoms with van der Waals surface area (Å²) >= 11 is 0. The molecule has 10 heavy (non-hydrogen) atoms. The van der Waals surface area contributed by atoms with E-state index in [9.17, 15) is 0 Å². The number of nitrogens with zero attached hydrogens (tertiary/aromatic N) is 2. The highest BCUT2D eigenvalue weighted by atomic mass is 16.3. The van der Waals surface area contributed by atoms with Crippen LogP contribution in [0.3, 0.4) is 0 Å². The molecular formula is C7H10N2O. The maximum atomic E-state index is 8.66. The summed E-state index contributed by atoms with van der Waals surface area (Å²) in [5.41, 5.74) is 0.459. The molecule has 0 fully saturated rings. The fraction of sp³-hybridized carbons (Fsp3) is 0.429. The molecule has 0 radical (unpaired) electrons. The van der Waals surface area contributed by atoms with Crippen LogP contribution in [0.4, 0.5) is 0 Å². The number of aliphatic imine (C=N–C) groups is 1. The van der Waals surface area contributed by atoms with Crippen LogP contribution in [0.25, 0.3) is 0 Å². The Morgan fingerprint density at radius 2 is 2.40 bits per heavy atom. The second kappa shape index (κ2) is 4.71. The summed E-state index contributed by atoms with van der Waals surface area (Å²) in [4.78, 5) is 3.61. The van der Waals surface area contributed by atoms with E-state index in [1.165, 1.54) is 13.1 Å². The second-order valence-corrected chi connectivity index (χ2v) is 1.77. The first kappa shape index (κ1) is 8.86. The van der Waals surface area contributed by atoms with E-state index in [1.54, 1.807) is 13.0 Å². The van der Waals surface area contributed by atoms with Crippen LogP contribution in [0.5, 0.6) is 0 Å². The number of rotatable bonds is 2. The van der Waals surface area contributed by atoms with Crippen LogP contribution in [0.1, 0.15) is 13.8 Å². The van der Waals surface area contributed by atoms with Crippen molar-refractivity contribution in [1.82, 2.24) is 0 Å². The largest absolute Gasteiger partial charge is 0.372 e. The molecule has 0 heterocycles. The maximum Gasteiger partial charge on any atom is 0.142 e. The monoisotopic (exact) mass is 138 g/mol. The molecule has 0 aliphatic rings. The van der Waals surface area contributed by atoms with Gasteiger partial charge in [0.25, 0.3) is 0 Å². The molecule has 0 aliphatic carbocycles. The predicted octanol–water partition coefficient (Wildman–Crippen LogP) is 0.865. The Hall–Kier alpha value is -1.14. The van der Waals surface area contributed by atoms with Crippen molar-refractivity contribution >= 4 is 6.21 Å². The van der Waals surface area contributed by atoms with Crippen LogP contribution in [0.2, 0.25) is 0 Å². The fourth-order valence-electron chi connectivity index (χ4n) is 0.356. The molecule has 3 nitrogen and oxygen atoms in total. The molecule has 3 heteroatoms. The number of aliphatic hydroxyl groups is 1. The van der Waals surface area contributed by atoms with E-state index in [-0.39, 0.29) is 0 Å². The van der Waals surface area contributed by atoms with E-state index in [2.05, 4.69) is 4.99 Å². The van der Waals surface area contributed by atoms with Crippen molar-refractivity contribution in [3.63, 3.8) is 0 Å². The lowest BCUT2D eigenvalue weighted by atomic mass is 10.3. The van der Waals surface area contributed by atoms with Gasteiger partial charge in [-0.05, 0) is 13.8 Å². The fourth-order valence-corrected chi connectivity index (χ4v) is 0.356. The van der Waals surface area contributed by atoms with Gasteiger partial charge in [-0.2, -0.15) is 5.26 Å². The third kappa shape index (κ3) is 3.81. The minimum absolute atomic E-state index is 0.459. The van der Waals surface area contributed by atoms with Crippen LogP contribution in [0.15, 0.2) is 16.6 Å². The van der Waals surface area contributed by atoms with Gasteiger partial charge in [0.05, 0.1) is 5.57 Å². The van der Waals surface area contributed by atoms with Gasteiger partial charge in [0.1, 0.15) is 12.3 Å². The average Bonchev–Trinajstić information content (AvgIpc) is 1.90. The van der Waals surface area contributed by atoms with E-state index < -0.39 is 6.23 Å². The molecule has 0 amide bonds. The first-order valence-electron chi connectivity index (χ1n) is 2.98. The van der Waals surface area contributed by atoms with E-state index >= 15 is 0 Å². The van der Waals surface area contributed by atoms with Crippen molar-refractivity contribution < 1.29 is 5.11 Å². The number of hydrogen-bond donors (Lipinski definition) is 1. The molecule has 0 spiro atoms. The van der Waals surface area contributed by atoms with Crippen LogP contribution in [-0.2, 0) is 0 Å². The number of aliphatic hydroxyl groups excluding tert-OH is 1. The van der Waals surface area contributed by atoms with Crippen molar-refractivity contribution in [2.45, 2.75) is 20.1 Å². The molecule has 0 saturated heterocycles. The quantitative estimate of drug-likeness (QED) is 0.454. The molecule has 0 rings (SSSR count). The highest BCUT2D eigenvalue weighted by Crippen LogP contribution is 1.88. The topological polar surface area (TPSA) is 56.4 Å². The Morgan fingerprint density at radius 1 is 1.80 bits per heavy atom. The van der Waals surface area contributed by atoms with Crippen molar-refractivity contribution in [3.8, 4) is 6.07 Å². The summed E-state index contributed by atoms with van der Waals surface area (Å²) in [6.07, 6.45) is 2.25. The number of nitriles is 1. The SMILES string of the molecule is C/C=C(C#N)\C=N/C(C)O. The molecule has 1 atom stereocenters. The molecule has 1 unspecified atom stereocenters. The third-order valence-electron chi connectivity index (χ3n) is 0.869. The zero-order valence-electron chi connectivity index (χ0n) is 6.07. The van der Waals surface area contributed by atoms with E-state index in [4.69, 9.17) is 10.4 Å². The zero-order valence-corrected chi connectivity index (χ0v) is 6.07. The van der Waals surface area contributed by atoms with Crippen molar-refractivity contribution in [2.75, 3.05) is 0 Å². The molecule has 0 aromatic heterocycles. The summed E-state index contributed by atoms with van der Waals surface area (Å²) < 4.78 is 0. The highest BCUT2D eigenvalue weighted by Gasteiger charge is 1.88. The van der Waals surface area contributed by atoms with Crippen LogP contribution in [0, 0.1) is 11.3 Å². The number of allylic oxidation sites excluding steroid dienone is 2. The lowest BCUT2D eigenvalue weighted by Gasteiger charge is -1.91. The number of hydrogen-bond acceptors (Lipinski definition) is 3. The van der Waals surface area contributed by atoms with E-state index in [1.807, 2.05) is 6.07 Å². The van der Waals surface area contributed by atoms with Crippen molar-refractivity contribution in [1.29, 1.82) is 5.26 Å². The smallest absolute Gasteiger partial charge is 0.142 e. The van der Waals surface area contributed by atoms with E-state index in [0.717, 1.165) is 0 Å². The Kier molecular flexibility index (Phi) is 4.17. The van der Waals surface area contributed by atoms with Crippen molar-refractivity contribution in [2.24, 2.45) is 4.99 Å². The van der Waals surface area contributed by atoms with Gasteiger partial charge in [-0.15, -0.1) is 0 Å². The standard InChI is InChI=1S/C7H10N2O/c1-3-7(4-8)5-9-6(2)10/h3,5-6,10H,1-2H3/b7-3-,9-5-. The molecule has 0 aromatic rings. The maximum absolute atomic E-state index is 8.66. The Morgan fingerprint density at radius 3 is 2.70 bits per heavy atom.